The number of fused-ring (bicyclic) bond motifs is 1. The molecule has 4 rings (SSSR count). The van der Waals surface area contributed by atoms with E-state index in [2.05, 4.69) is 4.90 Å². The highest BCUT2D eigenvalue weighted by Gasteiger charge is 2.32. The second-order valence-corrected chi connectivity index (χ2v) is 9.49. The highest BCUT2D eigenvalue weighted by atomic mass is 32.2. The van der Waals surface area contributed by atoms with Gasteiger partial charge in [0.1, 0.15) is 15.8 Å². The van der Waals surface area contributed by atoms with Crippen LogP contribution in [0.4, 0.5) is 5.82 Å². The summed E-state index contributed by atoms with van der Waals surface area (Å²) in [5, 5.41) is 0. The molecule has 0 unspecified atom stereocenters. The van der Waals surface area contributed by atoms with E-state index >= 15 is 0 Å². The lowest BCUT2D eigenvalue weighted by Gasteiger charge is -2.29. The number of carbonyl (C=O) groups is 1. The molecule has 0 aromatic carbocycles. The van der Waals surface area contributed by atoms with Crippen LogP contribution in [-0.2, 0) is 9.53 Å². The van der Waals surface area contributed by atoms with Crippen molar-refractivity contribution in [3.05, 3.63) is 44.7 Å². The van der Waals surface area contributed by atoms with E-state index in [1.165, 1.54) is 18.2 Å². The molecule has 0 atom stereocenters. The third-order valence-electron chi connectivity index (χ3n) is 5.52. The average molecular weight is 459 g/mol. The molecule has 0 aliphatic carbocycles. The van der Waals surface area contributed by atoms with E-state index < -0.39 is 0 Å². The van der Waals surface area contributed by atoms with Crippen LogP contribution in [0.25, 0.3) is 11.7 Å². The van der Waals surface area contributed by atoms with Crippen molar-refractivity contribution in [2.75, 3.05) is 38.3 Å². The number of thioether (sulfide) groups is 1. The van der Waals surface area contributed by atoms with Crippen LogP contribution >= 0.6 is 24.0 Å². The Hall–Kier alpha value is -2.23. The Balaban J connectivity index is 1.78. The number of thiocarbonyl (C=S) groups is 1. The maximum atomic E-state index is 13.5. The molecule has 2 aromatic heterocycles. The topological polar surface area (TPSA) is 67.2 Å². The molecule has 0 saturated carbocycles. The summed E-state index contributed by atoms with van der Waals surface area (Å²) in [7, 11) is 1.63. The Morgan fingerprint density at radius 2 is 2.00 bits per heavy atom. The third kappa shape index (κ3) is 4.53. The number of hydrogen-bond acceptors (Lipinski definition) is 7. The molecule has 4 heterocycles. The molecule has 0 spiro atoms. The second kappa shape index (κ2) is 9.50. The molecule has 7 nitrogen and oxygen atoms in total. The molecule has 0 N–H and O–H groups in total. The Bertz CT molecular complexity index is 1110. The lowest BCUT2D eigenvalue weighted by Crippen LogP contribution is -2.33. The van der Waals surface area contributed by atoms with Gasteiger partial charge in [-0.3, -0.25) is 18.9 Å². The molecular formula is C22H26N4O3S2. The van der Waals surface area contributed by atoms with Gasteiger partial charge in [0.05, 0.1) is 10.5 Å². The quantitative estimate of drug-likeness (QED) is 0.374. The van der Waals surface area contributed by atoms with Crippen LogP contribution < -0.4 is 10.5 Å². The number of anilines is 1. The van der Waals surface area contributed by atoms with E-state index in [0.717, 1.165) is 31.5 Å². The molecule has 2 aliphatic heterocycles. The number of amides is 1. The summed E-state index contributed by atoms with van der Waals surface area (Å²) >= 11 is 6.66. The average Bonchev–Trinajstić information content (AvgIpc) is 3.04. The summed E-state index contributed by atoms with van der Waals surface area (Å²) < 4.78 is 7.16. The Kier molecular flexibility index (Phi) is 6.74. The van der Waals surface area contributed by atoms with E-state index in [4.69, 9.17) is 21.9 Å². The van der Waals surface area contributed by atoms with Gasteiger partial charge in [-0.15, -0.1) is 0 Å². The van der Waals surface area contributed by atoms with Crippen LogP contribution in [-0.4, -0.2) is 57.9 Å². The fourth-order valence-electron chi connectivity index (χ4n) is 3.91. The van der Waals surface area contributed by atoms with Crippen molar-refractivity contribution in [2.45, 2.75) is 32.6 Å². The summed E-state index contributed by atoms with van der Waals surface area (Å²) in [6.07, 6.45) is 7.49. The molecule has 2 aromatic rings. The largest absolute Gasteiger partial charge is 0.385 e. The first-order chi connectivity index (χ1) is 15.0. The summed E-state index contributed by atoms with van der Waals surface area (Å²) in [6, 6.07) is 3.82. The Morgan fingerprint density at radius 3 is 2.74 bits per heavy atom. The molecule has 0 radical (unpaired) electrons. The Labute approximate surface area is 191 Å². The van der Waals surface area contributed by atoms with Crippen LogP contribution in [0.15, 0.2) is 28.0 Å². The molecule has 0 bridgehead atoms. The number of aryl methyl sites for hydroxylation is 1. The van der Waals surface area contributed by atoms with E-state index in [9.17, 15) is 9.59 Å². The number of nitrogens with zero attached hydrogens (tertiary/aromatic N) is 4. The second-order valence-electron chi connectivity index (χ2n) is 7.82. The van der Waals surface area contributed by atoms with Gasteiger partial charge >= 0.3 is 0 Å². The number of rotatable bonds is 6. The van der Waals surface area contributed by atoms with Crippen molar-refractivity contribution in [1.82, 2.24) is 14.3 Å². The smallest absolute Gasteiger partial charge is 0.267 e. The zero-order valence-electron chi connectivity index (χ0n) is 17.8. The maximum Gasteiger partial charge on any atom is 0.267 e. The van der Waals surface area contributed by atoms with E-state index in [1.54, 1.807) is 28.7 Å². The van der Waals surface area contributed by atoms with E-state index in [-0.39, 0.29) is 11.5 Å². The van der Waals surface area contributed by atoms with Gasteiger partial charge < -0.3 is 9.64 Å². The summed E-state index contributed by atoms with van der Waals surface area (Å²) in [5.74, 6) is 0.489. The highest BCUT2D eigenvalue weighted by Crippen LogP contribution is 2.34. The zero-order valence-corrected chi connectivity index (χ0v) is 19.4. The summed E-state index contributed by atoms with van der Waals surface area (Å²) in [5.41, 5.74) is 1.86. The maximum absolute atomic E-state index is 13.5. The first kappa shape index (κ1) is 22.0. The van der Waals surface area contributed by atoms with Crippen molar-refractivity contribution in [1.29, 1.82) is 0 Å². The molecule has 1 amide bonds. The lowest BCUT2D eigenvalue weighted by molar-refractivity contribution is -0.122. The van der Waals surface area contributed by atoms with Gasteiger partial charge in [-0.1, -0.05) is 30.0 Å². The molecule has 2 aliphatic rings. The van der Waals surface area contributed by atoms with Crippen LogP contribution in [0.1, 0.15) is 36.8 Å². The first-order valence-corrected chi connectivity index (χ1v) is 11.7. The molecule has 2 saturated heterocycles. The van der Waals surface area contributed by atoms with E-state index in [0.29, 0.717) is 45.8 Å². The molecule has 2 fully saturated rings. The van der Waals surface area contributed by atoms with Gasteiger partial charge in [-0.25, -0.2) is 4.98 Å². The van der Waals surface area contributed by atoms with Crippen LogP contribution in [0.5, 0.6) is 0 Å². The van der Waals surface area contributed by atoms with E-state index in [1.807, 2.05) is 19.1 Å². The van der Waals surface area contributed by atoms with Gasteiger partial charge in [0.25, 0.3) is 11.5 Å². The number of ether oxygens (including phenoxy) is 1. The van der Waals surface area contributed by atoms with Crippen LogP contribution in [0, 0.1) is 6.92 Å². The van der Waals surface area contributed by atoms with Crippen LogP contribution in [0.2, 0.25) is 0 Å². The predicted octanol–water partition coefficient (Wildman–Crippen LogP) is 3.23. The fraction of sp³-hybridized carbons (Fsp3) is 0.455. The van der Waals surface area contributed by atoms with Crippen molar-refractivity contribution in [3.63, 3.8) is 0 Å². The van der Waals surface area contributed by atoms with Crippen molar-refractivity contribution in [2.24, 2.45) is 0 Å². The van der Waals surface area contributed by atoms with Crippen molar-refractivity contribution < 1.29 is 9.53 Å². The van der Waals surface area contributed by atoms with Gasteiger partial charge in [0.15, 0.2) is 0 Å². The predicted molar refractivity (Wildman–Crippen MR) is 129 cm³/mol. The third-order valence-corrected chi connectivity index (χ3v) is 6.90. The summed E-state index contributed by atoms with van der Waals surface area (Å²) in [6.45, 7) is 4.71. The molecule has 31 heavy (non-hydrogen) atoms. The number of hydrogen-bond donors (Lipinski definition) is 0. The first-order valence-electron chi connectivity index (χ1n) is 10.5. The number of methoxy groups -OCH3 is 1. The minimum Gasteiger partial charge on any atom is -0.385 e. The minimum atomic E-state index is -0.168. The van der Waals surface area contributed by atoms with Crippen LogP contribution in [0.3, 0.4) is 0 Å². The molecule has 164 valence electrons. The van der Waals surface area contributed by atoms with Gasteiger partial charge in [-0.2, -0.15) is 0 Å². The van der Waals surface area contributed by atoms with Gasteiger partial charge in [0.2, 0.25) is 0 Å². The van der Waals surface area contributed by atoms with Crippen molar-refractivity contribution >= 4 is 51.7 Å². The lowest BCUT2D eigenvalue weighted by atomic mass is 10.1. The SMILES string of the molecule is COCCCN1C(=O)C(=Cc2c(N3CCCCC3)nc3ccc(C)cn3c2=O)SC1=S. The molecule has 9 heteroatoms. The van der Waals surface area contributed by atoms with Gasteiger partial charge in [0, 0.05) is 39.5 Å². The highest BCUT2D eigenvalue weighted by molar-refractivity contribution is 8.26. The fourth-order valence-corrected chi connectivity index (χ4v) is 5.20. The normalized spacial score (nSPS) is 18.6. The minimum absolute atomic E-state index is 0.163. The zero-order chi connectivity index (χ0) is 22.0. The van der Waals surface area contributed by atoms with Crippen molar-refractivity contribution in [3.8, 4) is 0 Å². The molecular weight excluding hydrogens is 432 g/mol. The Morgan fingerprint density at radius 1 is 1.23 bits per heavy atom. The standard InChI is InChI=1S/C22H26N4O3S2/c1-15-7-8-18-23-19(24-9-4-3-5-10-24)16(20(27)26(18)14-15)13-17-21(28)25(22(30)31-17)11-6-12-29-2/h7-8,13-14H,3-6,9-12H2,1-2H3. The number of carbonyl (C=O) groups excluding carboxylic acids is 1. The summed E-state index contributed by atoms with van der Waals surface area (Å²) in [4.78, 5) is 35.5. The monoisotopic (exact) mass is 458 g/mol. The number of piperidine rings is 1. The van der Waals surface area contributed by atoms with Gasteiger partial charge in [-0.05, 0) is 50.3 Å². The number of pyridine rings is 1. The number of aromatic nitrogens is 2.